The fourth-order valence-corrected chi connectivity index (χ4v) is 3.71. The largest absolute Gasteiger partial charge is 0.341 e. The number of likely N-dealkylation sites (tertiary alicyclic amines) is 1. The molecule has 2 saturated heterocycles. The normalized spacial score (nSPS) is 18.7. The Morgan fingerprint density at radius 2 is 1.69 bits per heavy atom. The van der Waals surface area contributed by atoms with Gasteiger partial charge in [0, 0.05) is 67.7 Å². The van der Waals surface area contributed by atoms with E-state index in [-0.39, 0.29) is 11.8 Å². The van der Waals surface area contributed by atoms with E-state index >= 15 is 0 Å². The molecule has 1 N–H and O–H groups in total. The van der Waals surface area contributed by atoms with E-state index in [9.17, 15) is 9.59 Å². The molecule has 7 nitrogen and oxygen atoms in total. The van der Waals surface area contributed by atoms with Crippen molar-refractivity contribution in [2.75, 3.05) is 39.3 Å². The van der Waals surface area contributed by atoms with Crippen LogP contribution in [0.2, 0.25) is 0 Å². The van der Waals surface area contributed by atoms with Crippen molar-refractivity contribution < 1.29 is 9.59 Å². The standard InChI is InChI=1S/C18H20BrN5O2/c19-14-3-1-13(2-4-14)17(25)24-11-15(12-24)22-7-9-23(10-8-22)18(26)16-20-5-6-21-16/h1-6,15H,7-12H2,(H,20,21). The summed E-state index contributed by atoms with van der Waals surface area (Å²) in [7, 11) is 0. The molecule has 4 rings (SSSR count). The second-order valence-electron chi connectivity index (χ2n) is 6.64. The molecule has 2 aromatic rings. The molecular formula is C18H20BrN5O2. The highest BCUT2D eigenvalue weighted by molar-refractivity contribution is 9.10. The van der Waals surface area contributed by atoms with E-state index in [1.165, 1.54) is 0 Å². The smallest absolute Gasteiger partial charge is 0.289 e. The molecule has 2 aliphatic heterocycles. The summed E-state index contributed by atoms with van der Waals surface area (Å²) >= 11 is 3.39. The van der Waals surface area contributed by atoms with Crippen LogP contribution in [0.4, 0.5) is 0 Å². The van der Waals surface area contributed by atoms with Crippen molar-refractivity contribution in [1.29, 1.82) is 0 Å². The lowest BCUT2D eigenvalue weighted by Gasteiger charge is -2.48. The van der Waals surface area contributed by atoms with Gasteiger partial charge in [-0.2, -0.15) is 0 Å². The zero-order chi connectivity index (χ0) is 18.1. The van der Waals surface area contributed by atoms with E-state index in [4.69, 9.17) is 0 Å². The summed E-state index contributed by atoms with van der Waals surface area (Å²) in [5.74, 6) is 0.434. The quantitative estimate of drug-likeness (QED) is 0.820. The van der Waals surface area contributed by atoms with E-state index in [2.05, 4.69) is 30.8 Å². The molecular weight excluding hydrogens is 398 g/mol. The number of amides is 2. The number of benzene rings is 1. The number of carbonyl (C=O) groups is 2. The van der Waals surface area contributed by atoms with Crippen LogP contribution in [0.5, 0.6) is 0 Å². The minimum atomic E-state index is -0.0460. The van der Waals surface area contributed by atoms with Crippen molar-refractivity contribution in [2.45, 2.75) is 6.04 Å². The van der Waals surface area contributed by atoms with Crippen LogP contribution >= 0.6 is 15.9 Å². The first-order valence-electron chi connectivity index (χ1n) is 8.69. The third-order valence-corrected chi connectivity index (χ3v) is 5.59. The Balaban J connectivity index is 1.26. The van der Waals surface area contributed by atoms with Gasteiger partial charge in [-0.1, -0.05) is 15.9 Å². The number of nitrogens with one attached hydrogen (secondary N) is 1. The van der Waals surface area contributed by atoms with Gasteiger partial charge in [0.05, 0.1) is 0 Å². The Hall–Kier alpha value is -2.19. The third kappa shape index (κ3) is 3.39. The molecule has 8 heteroatoms. The number of nitrogens with zero attached hydrogens (tertiary/aromatic N) is 4. The Bertz CT molecular complexity index is 778. The van der Waals surface area contributed by atoms with Crippen LogP contribution in [0.3, 0.4) is 0 Å². The first-order chi connectivity index (χ1) is 12.6. The molecule has 0 radical (unpaired) electrons. The number of H-pyrrole nitrogens is 1. The van der Waals surface area contributed by atoms with Crippen LogP contribution in [-0.4, -0.2) is 81.8 Å². The van der Waals surface area contributed by atoms with Gasteiger partial charge in [-0.3, -0.25) is 14.5 Å². The number of aromatic nitrogens is 2. The predicted molar refractivity (Wildman–Crippen MR) is 99.9 cm³/mol. The van der Waals surface area contributed by atoms with E-state index in [0.717, 1.165) is 36.2 Å². The molecule has 0 spiro atoms. The number of aromatic amines is 1. The Morgan fingerprint density at radius 3 is 2.31 bits per heavy atom. The molecule has 3 heterocycles. The van der Waals surface area contributed by atoms with Gasteiger partial charge in [0.2, 0.25) is 0 Å². The second kappa shape index (κ2) is 7.20. The number of imidazole rings is 1. The summed E-state index contributed by atoms with van der Waals surface area (Å²) in [6.45, 7) is 4.55. The van der Waals surface area contributed by atoms with Crippen molar-refractivity contribution in [2.24, 2.45) is 0 Å². The highest BCUT2D eigenvalue weighted by Gasteiger charge is 2.37. The minimum Gasteiger partial charge on any atom is -0.341 e. The van der Waals surface area contributed by atoms with Gasteiger partial charge < -0.3 is 14.8 Å². The van der Waals surface area contributed by atoms with E-state index < -0.39 is 0 Å². The van der Waals surface area contributed by atoms with Crippen LogP contribution < -0.4 is 0 Å². The summed E-state index contributed by atoms with van der Waals surface area (Å²) in [6, 6.07) is 7.85. The lowest BCUT2D eigenvalue weighted by atomic mass is 10.0. The zero-order valence-electron chi connectivity index (χ0n) is 14.3. The topological polar surface area (TPSA) is 72.5 Å². The van der Waals surface area contributed by atoms with Crippen molar-refractivity contribution in [3.63, 3.8) is 0 Å². The number of rotatable bonds is 3. The Labute approximate surface area is 160 Å². The van der Waals surface area contributed by atoms with Crippen molar-refractivity contribution >= 4 is 27.7 Å². The number of hydrogen-bond acceptors (Lipinski definition) is 4. The molecule has 0 bridgehead atoms. The van der Waals surface area contributed by atoms with Gasteiger partial charge in [-0.05, 0) is 24.3 Å². The number of carbonyl (C=O) groups excluding carboxylic acids is 2. The van der Waals surface area contributed by atoms with Gasteiger partial charge in [0.25, 0.3) is 11.8 Å². The fourth-order valence-electron chi connectivity index (χ4n) is 3.45. The number of halogens is 1. The summed E-state index contributed by atoms with van der Waals surface area (Å²) in [6.07, 6.45) is 3.25. The molecule has 0 unspecified atom stereocenters. The SMILES string of the molecule is O=C(c1ccc(Br)cc1)N1CC(N2CCN(C(=O)c3ncc[nH]3)CC2)C1. The zero-order valence-corrected chi connectivity index (χ0v) is 15.9. The first kappa shape index (κ1) is 17.2. The maximum atomic E-state index is 12.5. The summed E-state index contributed by atoms with van der Waals surface area (Å²) in [5.41, 5.74) is 0.723. The second-order valence-corrected chi connectivity index (χ2v) is 7.55. The van der Waals surface area contributed by atoms with Crippen LogP contribution in [-0.2, 0) is 0 Å². The maximum Gasteiger partial charge on any atom is 0.289 e. The molecule has 2 fully saturated rings. The summed E-state index contributed by atoms with van der Waals surface area (Å²) in [5, 5.41) is 0. The molecule has 2 amide bonds. The van der Waals surface area contributed by atoms with Crippen molar-refractivity contribution in [3.8, 4) is 0 Å². The van der Waals surface area contributed by atoms with Gasteiger partial charge >= 0.3 is 0 Å². The van der Waals surface area contributed by atoms with Gasteiger partial charge in [-0.15, -0.1) is 0 Å². The molecule has 0 aliphatic carbocycles. The number of hydrogen-bond donors (Lipinski definition) is 1. The van der Waals surface area contributed by atoms with Crippen molar-refractivity contribution in [1.82, 2.24) is 24.7 Å². The molecule has 0 atom stereocenters. The predicted octanol–water partition coefficient (Wildman–Crippen LogP) is 1.45. The monoisotopic (exact) mass is 417 g/mol. The Kier molecular flexibility index (Phi) is 4.78. The molecule has 0 saturated carbocycles. The van der Waals surface area contributed by atoms with Crippen LogP contribution in [0, 0.1) is 0 Å². The molecule has 136 valence electrons. The highest BCUT2D eigenvalue weighted by Crippen LogP contribution is 2.21. The average molecular weight is 418 g/mol. The molecule has 2 aliphatic rings. The highest BCUT2D eigenvalue weighted by atomic mass is 79.9. The van der Waals surface area contributed by atoms with Crippen molar-refractivity contribution in [3.05, 3.63) is 52.5 Å². The van der Waals surface area contributed by atoms with E-state index in [0.29, 0.717) is 25.0 Å². The first-order valence-corrected chi connectivity index (χ1v) is 9.48. The summed E-state index contributed by atoms with van der Waals surface area (Å²) in [4.78, 5) is 37.7. The maximum absolute atomic E-state index is 12.5. The summed E-state index contributed by atoms with van der Waals surface area (Å²) < 4.78 is 0.970. The van der Waals surface area contributed by atoms with Gasteiger partial charge in [0.15, 0.2) is 5.82 Å². The van der Waals surface area contributed by atoms with Gasteiger partial charge in [0.1, 0.15) is 0 Å². The number of piperazine rings is 1. The average Bonchev–Trinajstić information content (AvgIpc) is 3.15. The van der Waals surface area contributed by atoms with Crippen LogP contribution in [0.25, 0.3) is 0 Å². The van der Waals surface area contributed by atoms with Crippen LogP contribution in [0.1, 0.15) is 21.0 Å². The Morgan fingerprint density at radius 1 is 1.00 bits per heavy atom. The minimum absolute atomic E-state index is 0.0460. The fraction of sp³-hybridized carbons (Fsp3) is 0.389. The lowest BCUT2D eigenvalue weighted by Crippen LogP contribution is -2.64. The molecule has 26 heavy (non-hydrogen) atoms. The third-order valence-electron chi connectivity index (χ3n) is 5.06. The van der Waals surface area contributed by atoms with Gasteiger partial charge in [-0.25, -0.2) is 4.98 Å². The molecule has 1 aromatic carbocycles. The van der Waals surface area contributed by atoms with E-state index in [1.54, 1.807) is 12.4 Å². The van der Waals surface area contributed by atoms with E-state index in [1.807, 2.05) is 34.1 Å². The lowest BCUT2D eigenvalue weighted by molar-refractivity contribution is 0.00832. The molecule has 1 aromatic heterocycles. The van der Waals surface area contributed by atoms with Crippen LogP contribution in [0.15, 0.2) is 41.1 Å².